The molecule has 0 unspecified atom stereocenters. The molecule has 0 spiro atoms. The molecule has 2 N–H and O–H groups in total. The zero-order chi connectivity index (χ0) is 10.1. The van der Waals surface area contributed by atoms with Crippen molar-refractivity contribution in [2.45, 2.75) is 0 Å². The summed E-state index contributed by atoms with van der Waals surface area (Å²) in [6, 6.07) is 5.70. The molecule has 0 aliphatic heterocycles. The van der Waals surface area contributed by atoms with Crippen LogP contribution in [0.4, 0.5) is 4.39 Å². The van der Waals surface area contributed by atoms with Crippen molar-refractivity contribution < 1.29 is 14.4 Å². The van der Waals surface area contributed by atoms with Crippen molar-refractivity contribution in [3.8, 4) is 0 Å². The Hall–Kier alpha value is -1.46. The summed E-state index contributed by atoms with van der Waals surface area (Å²) in [6.07, 6.45) is 1.52. The van der Waals surface area contributed by atoms with E-state index in [-0.39, 0.29) is 5.46 Å². The Bertz CT molecular complexity index is 475. The molecule has 5 heteroatoms. The number of nitrogens with zero attached hydrogens (tertiary/aromatic N) is 1. The van der Waals surface area contributed by atoms with E-state index in [0.717, 1.165) is 6.07 Å². The minimum atomic E-state index is -1.71. The number of fused-ring (bicyclic) bond motifs is 1. The van der Waals surface area contributed by atoms with Crippen molar-refractivity contribution in [1.29, 1.82) is 0 Å². The highest BCUT2D eigenvalue weighted by atomic mass is 19.1. The maximum Gasteiger partial charge on any atom is 0.490 e. The zero-order valence-electron chi connectivity index (χ0n) is 7.18. The monoisotopic (exact) mass is 191 g/mol. The first-order chi connectivity index (χ1) is 6.68. The average Bonchev–Trinajstić information content (AvgIpc) is 2.16. The van der Waals surface area contributed by atoms with Gasteiger partial charge in [0.2, 0.25) is 0 Å². The third-order valence-corrected chi connectivity index (χ3v) is 1.98. The molecule has 1 aromatic carbocycles. The quantitative estimate of drug-likeness (QED) is 0.626. The van der Waals surface area contributed by atoms with Crippen LogP contribution in [-0.2, 0) is 0 Å². The van der Waals surface area contributed by atoms with Gasteiger partial charge in [0.15, 0.2) is 0 Å². The minimum absolute atomic E-state index is 0.0839. The third-order valence-electron chi connectivity index (χ3n) is 1.98. The van der Waals surface area contributed by atoms with Crippen LogP contribution in [-0.4, -0.2) is 22.2 Å². The predicted molar refractivity (Wildman–Crippen MR) is 51.5 cm³/mol. The Balaban J connectivity index is 2.80. The van der Waals surface area contributed by atoms with Gasteiger partial charge in [-0.25, -0.2) is 4.39 Å². The largest absolute Gasteiger partial charge is 0.490 e. The van der Waals surface area contributed by atoms with Gasteiger partial charge in [0.05, 0.1) is 5.52 Å². The number of hydrogen-bond acceptors (Lipinski definition) is 3. The second-order valence-corrected chi connectivity index (χ2v) is 2.94. The van der Waals surface area contributed by atoms with Gasteiger partial charge in [-0.3, -0.25) is 4.98 Å². The summed E-state index contributed by atoms with van der Waals surface area (Å²) in [6.45, 7) is 0. The van der Waals surface area contributed by atoms with E-state index >= 15 is 0 Å². The summed E-state index contributed by atoms with van der Waals surface area (Å²) in [5.74, 6) is -0.506. The van der Waals surface area contributed by atoms with E-state index < -0.39 is 12.9 Å². The fraction of sp³-hybridized carbons (Fsp3) is 0. The molecule has 2 aromatic rings. The first-order valence-corrected chi connectivity index (χ1v) is 4.09. The zero-order valence-corrected chi connectivity index (χ0v) is 7.18. The molecular weight excluding hydrogens is 184 g/mol. The molecule has 0 atom stereocenters. The van der Waals surface area contributed by atoms with Crippen LogP contribution in [0.5, 0.6) is 0 Å². The number of hydrogen-bond donors (Lipinski definition) is 2. The van der Waals surface area contributed by atoms with E-state index in [9.17, 15) is 4.39 Å². The normalized spacial score (nSPS) is 10.5. The molecule has 0 saturated carbocycles. The summed E-state index contributed by atoms with van der Waals surface area (Å²) in [4.78, 5) is 3.96. The molecule has 0 aliphatic rings. The molecule has 0 radical (unpaired) electrons. The number of benzene rings is 1. The van der Waals surface area contributed by atoms with Gasteiger partial charge in [-0.1, -0.05) is 6.07 Å². The molecule has 3 nitrogen and oxygen atoms in total. The van der Waals surface area contributed by atoms with E-state index in [1.165, 1.54) is 12.3 Å². The fourth-order valence-corrected chi connectivity index (χ4v) is 1.38. The fourth-order valence-electron chi connectivity index (χ4n) is 1.38. The first kappa shape index (κ1) is 9.11. The molecular formula is C9H7BFNO2. The maximum atomic E-state index is 13.0. The summed E-state index contributed by atoms with van der Waals surface area (Å²) in [5, 5.41) is 18.5. The van der Waals surface area contributed by atoms with Crippen LogP contribution < -0.4 is 5.46 Å². The highest BCUT2D eigenvalue weighted by molar-refractivity contribution is 6.61. The van der Waals surface area contributed by atoms with E-state index in [1.54, 1.807) is 12.1 Å². The summed E-state index contributed by atoms with van der Waals surface area (Å²) in [5.41, 5.74) is 0.490. The number of halogens is 1. The van der Waals surface area contributed by atoms with Crippen molar-refractivity contribution in [3.05, 3.63) is 36.3 Å². The summed E-state index contributed by atoms with van der Waals surface area (Å²) >= 11 is 0. The Kier molecular flexibility index (Phi) is 2.19. The van der Waals surface area contributed by atoms with Crippen LogP contribution in [0.1, 0.15) is 0 Å². The van der Waals surface area contributed by atoms with Gasteiger partial charge < -0.3 is 10.0 Å². The summed E-state index contributed by atoms with van der Waals surface area (Å²) < 4.78 is 13.0. The molecule has 0 bridgehead atoms. The van der Waals surface area contributed by atoms with Gasteiger partial charge in [-0.05, 0) is 18.2 Å². The van der Waals surface area contributed by atoms with Gasteiger partial charge >= 0.3 is 7.12 Å². The standard InChI is InChI=1S/C9H7BFNO2/c11-7-4-6-2-1-3-12-9(6)8(5-7)10(13)14/h1-5,13-14H. The van der Waals surface area contributed by atoms with Crippen LogP contribution in [0.25, 0.3) is 10.9 Å². The van der Waals surface area contributed by atoms with Gasteiger partial charge in [-0.2, -0.15) is 0 Å². The average molecular weight is 191 g/mol. The predicted octanol–water partition coefficient (Wildman–Crippen LogP) is 0.0537. The Morgan fingerprint density at radius 2 is 2.07 bits per heavy atom. The topological polar surface area (TPSA) is 53.4 Å². The van der Waals surface area contributed by atoms with E-state index in [4.69, 9.17) is 10.0 Å². The highest BCUT2D eigenvalue weighted by Crippen LogP contribution is 2.10. The lowest BCUT2D eigenvalue weighted by Gasteiger charge is -2.04. The lowest BCUT2D eigenvalue weighted by Crippen LogP contribution is -2.31. The van der Waals surface area contributed by atoms with Crippen LogP contribution >= 0.6 is 0 Å². The Labute approximate surface area is 80.0 Å². The first-order valence-electron chi connectivity index (χ1n) is 4.09. The van der Waals surface area contributed by atoms with Crippen LogP contribution in [0.2, 0.25) is 0 Å². The molecule has 1 heterocycles. The number of pyridine rings is 1. The maximum absolute atomic E-state index is 13.0. The van der Waals surface area contributed by atoms with E-state index in [0.29, 0.717) is 10.9 Å². The lowest BCUT2D eigenvalue weighted by atomic mass is 9.79. The van der Waals surface area contributed by atoms with E-state index in [1.807, 2.05) is 0 Å². The molecule has 70 valence electrons. The Morgan fingerprint density at radius 3 is 2.79 bits per heavy atom. The van der Waals surface area contributed by atoms with Gasteiger partial charge in [-0.15, -0.1) is 0 Å². The summed E-state index contributed by atoms with van der Waals surface area (Å²) in [7, 11) is -1.71. The highest BCUT2D eigenvalue weighted by Gasteiger charge is 2.16. The van der Waals surface area contributed by atoms with Crippen LogP contribution in [0, 0.1) is 5.82 Å². The van der Waals surface area contributed by atoms with E-state index in [2.05, 4.69) is 4.98 Å². The third kappa shape index (κ3) is 1.47. The van der Waals surface area contributed by atoms with Crippen molar-refractivity contribution in [3.63, 3.8) is 0 Å². The van der Waals surface area contributed by atoms with Crippen molar-refractivity contribution in [1.82, 2.24) is 4.98 Å². The molecule has 14 heavy (non-hydrogen) atoms. The SMILES string of the molecule is OB(O)c1cc(F)cc2cccnc12. The number of aromatic nitrogens is 1. The molecule has 2 rings (SSSR count). The van der Waals surface area contributed by atoms with Crippen LogP contribution in [0.3, 0.4) is 0 Å². The molecule has 0 aliphatic carbocycles. The van der Waals surface area contributed by atoms with Crippen LogP contribution in [0.15, 0.2) is 30.5 Å². The lowest BCUT2D eigenvalue weighted by molar-refractivity contribution is 0.426. The second-order valence-electron chi connectivity index (χ2n) is 2.94. The molecule has 0 saturated heterocycles. The second kappa shape index (κ2) is 3.36. The molecule has 0 amide bonds. The van der Waals surface area contributed by atoms with Gasteiger partial charge in [0, 0.05) is 17.0 Å². The Morgan fingerprint density at radius 1 is 1.29 bits per heavy atom. The minimum Gasteiger partial charge on any atom is -0.423 e. The van der Waals surface area contributed by atoms with Crippen molar-refractivity contribution >= 4 is 23.5 Å². The van der Waals surface area contributed by atoms with Gasteiger partial charge in [0.25, 0.3) is 0 Å². The van der Waals surface area contributed by atoms with Crippen molar-refractivity contribution in [2.24, 2.45) is 0 Å². The molecule has 0 fully saturated rings. The molecule has 1 aromatic heterocycles. The number of rotatable bonds is 1. The smallest absolute Gasteiger partial charge is 0.423 e. The van der Waals surface area contributed by atoms with Gasteiger partial charge in [0.1, 0.15) is 5.82 Å². The van der Waals surface area contributed by atoms with Crippen molar-refractivity contribution in [2.75, 3.05) is 0 Å².